The van der Waals surface area contributed by atoms with E-state index in [0.717, 1.165) is 25.7 Å². The number of carbonyl (C=O) groups excluding carboxylic acids is 2. The number of piperazine rings is 1. The summed E-state index contributed by atoms with van der Waals surface area (Å²) in [6.45, 7) is 2.53. The van der Waals surface area contributed by atoms with Crippen LogP contribution in [0.25, 0.3) is 0 Å². The van der Waals surface area contributed by atoms with Crippen molar-refractivity contribution in [2.75, 3.05) is 6.54 Å². The molecule has 2 unspecified atom stereocenters. The first-order chi connectivity index (χ1) is 9.16. The van der Waals surface area contributed by atoms with Gasteiger partial charge in [-0.3, -0.25) is 9.59 Å². The summed E-state index contributed by atoms with van der Waals surface area (Å²) < 4.78 is 0. The van der Waals surface area contributed by atoms with Crippen LogP contribution in [0.3, 0.4) is 0 Å². The Bertz CT molecular complexity index is 426. The van der Waals surface area contributed by atoms with Gasteiger partial charge in [-0.15, -0.1) is 0 Å². The number of allylic oxidation sites excluding steroid dienone is 1. The summed E-state index contributed by atoms with van der Waals surface area (Å²) >= 11 is 0. The van der Waals surface area contributed by atoms with Crippen molar-refractivity contribution in [2.24, 2.45) is 5.92 Å². The van der Waals surface area contributed by atoms with Crippen molar-refractivity contribution < 1.29 is 9.59 Å². The molecular formula is C15H22N2O2. The van der Waals surface area contributed by atoms with Crippen molar-refractivity contribution in [2.45, 2.75) is 57.5 Å². The first kappa shape index (κ1) is 12.7. The fourth-order valence-corrected chi connectivity index (χ4v) is 3.13. The van der Waals surface area contributed by atoms with Crippen LogP contribution in [0.2, 0.25) is 0 Å². The molecule has 1 saturated heterocycles. The normalized spacial score (nSPS) is 31.4. The van der Waals surface area contributed by atoms with Crippen molar-refractivity contribution in [3.8, 4) is 0 Å². The monoisotopic (exact) mass is 262 g/mol. The van der Waals surface area contributed by atoms with Crippen LogP contribution < -0.4 is 5.32 Å². The average Bonchev–Trinajstić information content (AvgIpc) is 3.10. The molecule has 0 spiro atoms. The minimum absolute atomic E-state index is 0.0110. The number of carbonyl (C=O) groups is 2. The van der Waals surface area contributed by atoms with Crippen LogP contribution in [-0.2, 0) is 9.59 Å². The molecule has 1 aliphatic heterocycles. The molecule has 0 aromatic carbocycles. The lowest BCUT2D eigenvalue weighted by atomic mass is 10.0. The van der Waals surface area contributed by atoms with Crippen LogP contribution in [-0.4, -0.2) is 35.3 Å². The maximum absolute atomic E-state index is 12.5. The van der Waals surface area contributed by atoms with E-state index >= 15 is 0 Å². The molecule has 2 fully saturated rings. The summed E-state index contributed by atoms with van der Waals surface area (Å²) in [4.78, 5) is 26.2. The molecule has 0 radical (unpaired) electrons. The molecule has 2 amide bonds. The molecule has 4 nitrogen and oxygen atoms in total. The van der Waals surface area contributed by atoms with Gasteiger partial charge in [-0.05, 0) is 51.4 Å². The Morgan fingerprint density at radius 2 is 2.16 bits per heavy atom. The molecule has 3 rings (SSSR count). The molecule has 0 bridgehead atoms. The second-order valence-corrected chi connectivity index (χ2v) is 6.04. The molecule has 2 aliphatic carbocycles. The largest absolute Gasteiger partial charge is 0.342 e. The predicted molar refractivity (Wildman–Crippen MR) is 72.4 cm³/mol. The highest BCUT2D eigenvalue weighted by molar-refractivity contribution is 5.97. The number of hydrogen-bond acceptors (Lipinski definition) is 2. The van der Waals surface area contributed by atoms with Gasteiger partial charge in [-0.25, -0.2) is 0 Å². The minimum atomic E-state index is -0.315. The van der Waals surface area contributed by atoms with E-state index in [2.05, 4.69) is 11.4 Å². The maximum atomic E-state index is 12.5. The van der Waals surface area contributed by atoms with Crippen LogP contribution >= 0.6 is 0 Å². The van der Waals surface area contributed by atoms with Gasteiger partial charge in [-0.2, -0.15) is 0 Å². The van der Waals surface area contributed by atoms with Gasteiger partial charge in [0.25, 0.3) is 0 Å². The molecular weight excluding hydrogens is 240 g/mol. The third kappa shape index (κ3) is 2.53. The first-order valence-electron chi connectivity index (χ1n) is 7.45. The summed E-state index contributed by atoms with van der Waals surface area (Å²) in [7, 11) is 0. The van der Waals surface area contributed by atoms with E-state index in [1.165, 1.54) is 18.4 Å². The highest BCUT2D eigenvalue weighted by Crippen LogP contribution is 2.35. The standard InChI is InChI=1S/C15H22N2O2/c1-10-14(18)16-13(12-6-7-12)15(19)17(10)9-8-11-4-2-3-5-11/h4,10,12-13H,2-3,5-9H2,1H3,(H,16,18). The zero-order chi connectivity index (χ0) is 13.4. The fraction of sp³-hybridized carbons (Fsp3) is 0.733. The van der Waals surface area contributed by atoms with Crippen molar-refractivity contribution in [1.29, 1.82) is 0 Å². The van der Waals surface area contributed by atoms with Crippen molar-refractivity contribution in [1.82, 2.24) is 10.2 Å². The van der Waals surface area contributed by atoms with Gasteiger partial charge < -0.3 is 10.2 Å². The second kappa shape index (κ2) is 4.99. The molecule has 2 atom stereocenters. The number of rotatable bonds is 4. The smallest absolute Gasteiger partial charge is 0.246 e. The summed E-state index contributed by atoms with van der Waals surface area (Å²) in [5.41, 5.74) is 1.45. The van der Waals surface area contributed by atoms with Crippen LogP contribution in [0.4, 0.5) is 0 Å². The van der Waals surface area contributed by atoms with E-state index in [-0.39, 0.29) is 23.9 Å². The zero-order valence-electron chi connectivity index (χ0n) is 11.5. The van der Waals surface area contributed by atoms with Crippen molar-refractivity contribution in [3.63, 3.8) is 0 Å². The summed E-state index contributed by atoms with van der Waals surface area (Å²) in [6, 6.07) is -0.564. The van der Waals surface area contributed by atoms with Crippen LogP contribution in [0, 0.1) is 5.92 Å². The highest BCUT2D eigenvalue weighted by atomic mass is 16.2. The van der Waals surface area contributed by atoms with Gasteiger partial charge in [0, 0.05) is 6.54 Å². The Kier molecular flexibility index (Phi) is 3.33. The second-order valence-electron chi connectivity index (χ2n) is 6.04. The average molecular weight is 262 g/mol. The van der Waals surface area contributed by atoms with Gasteiger partial charge in [-0.1, -0.05) is 11.6 Å². The molecule has 1 N–H and O–H groups in total. The Morgan fingerprint density at radius 3 is 2.79 bits per heavy atom. The fourth-order valence-electron chi connectivity index (χ4n) is 3.13. The third-order valence-corrected chi connectivity index (χ3v) is 4.60. The molecule has 0 aromatic rings. The van der Waals surface area contributed by atoms with Crippen molar-refractivity contribution >= 4 is 11.8 Å². The Hall–Kier alpha value is -1.32. The topological polar surface area (TPSA) is 49.4 Å². The van der Waals surface area contributed by atoms with E-state index in [1.54, 1.807) is 4.90 Å². The van der Waals surface area contributed by atoms with Crippen LogP contribution in [0.1, 0.15) is 45.4 Å². The summed E-state index contributed by atoms with van der Waals surface area (Å²) in [6.07, 6.45) is 8.94. The van der Waals surface area contributed by atoms with Crippen molar-refractivity contribution in [3.05, 3.63) is 11.6 Å². The maximum Gasteiger partial charge on any atom is 0.246 e. The van der Waals surface area contributed by atoms with Gasteiger partial charge >= 0.3 is 0 Å². The highest BCUT2D eigenvalue weighted by Gasteiger charge is 2.45. The number of nitrogens with one attached hydrogen (secondary N) is 1. The number of nitrogens with zero attached hydrogens (tertiary/aromatic N) is 1. The van der Waals surface area contributed by atoms with E-state index < -0.39 is 0 Å². The van der Waals surface area contributed by atoms with Crippen LogP contribution in [0.15, 0.2) is 11.6 Å². The molecule has 4 heteroatoms. The zero-order valence-corrected chi connectivity index (χ0v) is 11.5. The predicted octanol–water partition coefficient (Wildman–Crippen LogP) is 1.61. The Labute approximate surface area is 114 Å². The number of amides is 2. The number of hydrogen-bond donors (Lipinski definition) is 1. The van der Waals surface area contributed by atoms with Gasteiger partial charge in [0.05, 0.1) is 0 Å². The first-order valence-corrected chi connectivity index (χ1v) is 7.45. The molecule has 0 aromatic heterocycles. The molecule has 1 saturated carbocycles. The Balaban J connectivity index is 1.65. The minimum Gasteiger partial charge on any atom is -0.342 e. The quantitative estimate of drug-likeness (QED) is 0.783. The van der Waals surface area contributed by atoms with E-state index in [1.807, 2.05) is 6.92 Å². The third-order valence-electron chi connectivity index (χ3n) is 4.60. The molecule has 1 heterocycles. The molecule has 104 valence electrons. The molecule has 19 heavy (non-hydrogen) atoms. The van der Waals surface area contributed by atoms with E-state index in [0.29, 0.717) is 12.5 Å². The van der Waals surface area contributed by atoms with E-state index in [4.69, 9.17) is 0 Å². The van der Waals surface area contributed by atoms with Crippen LogP contribution in [0.5, 0.6) is 0 Å². The lowest BCUT2D eigenvalue weighted by molar-refractivity contribution is -0.149. The summed E-state index contributed by atoms with van der Waals surface area (Å²) in [5.74, 6) is 0.530. The van der Waals surface area contributed by atoms with Gasteiger partial charge in [0.1, 0.15) is 12.1 Å². The lowest BCUT2D eigenvalue weighted by Gasteiger charge is -2.37. The summed E-state index contributed by atoms with van der Waals surface area (Å²) in [5, 5.41) is 2.89. The molecule has 3 aliphatic rings. The SMILES string of the molecule is CC1C(=O)NC(C2CC2)C(=O)N1CCC1=CCCC1. The lowest BCUT2D eigenvalue weighted by Crippen LogP contribution is -2.63. The van der Waals surface area contributed by atoms with E-state index in [9.17, 15) is 9.59 Å². The Morgan fingerprint density at radius 1 is 1.37 bits per heavy atom. The van der Waals surface area contributed by atoms with Gasteiger partial charge in [0.2, 0.25) is 11.8 Å². The van der Waals surface area contributed by atoms with Gasteiger partial charge in [0.15, 0.2) is 0 Å².